The number of hydrogen-bond acceptors (Lipinski definition) is 1. The number of nitrogens with one attached hydrogen (secondary N) is 1. The largest absolute Gasteiger partial charge is 0.361 e. The predicted molar refractivity (Wildman–Crippen MR) is 84.2 cm³/mol. The van der Waals surface area contributed by atoms with Gasteiger partial charge in [0.05, 0.1) is 0 Å². The summed E-state index contributed by atoms with van der Waals surface area (Å²) < 4.78 is 0. The Balaban J connectivity index is 1.75. The maximum absolute atomic E-state index is 3.36. The van der Waals surface area contributed by atoms with Crippen LogP contribution in [0.3, 0.4) is 0 Å². The molecule has 1 aromatic carbocycles. The zero-order valence-corrected chi connectivity index (χ0v) is 12.4. The fourth-order valence-corrected chi connectivity index (χ4v) is 4.57. The molecule has 0 spiro atoms. The molecule has 2 heteroatoms. The van der Waals surface area contributed by atoms with Gasteiger partial charge in [0, 0.05) is 23.1 Å². The average Bonchev–Trinajstić information content (AvgIpc) is 2.96. The van der Waals surface area contributed by atoms with Gasteiger partial charge in [0.2, 0.25) is 0 Å². The van der Waals surface area contributed by atoms with Gasteiger partial charge in [-0.1, -0.05) is 13.0 Å². The van der Waals surface area contributed by atoms with Crippen molar-refractivity contribution in [3.63, 3.8) is 0 Å². The number of aryl methyl sites for hydroxylation is 1. The number of piperidine rings is 1. The number of nitrogens with zero attached hydrogens (tertiary/aromatic N) is 1. The Morgan fingerprint density at radius 1 is 1.25 bits per heavy atom. The molecule has 2 unspecified atom stereocenters. The maximum atomic E-state index is 3.36. The van der Waals surface area contributed by atoms with Gasteiger partial charge in [0.15, 0.2) is 0 Å². The molecule has 2 aromatic rings. The van der Waals surface area contributed by atoms with E-state index in [0.29, 0.717) is 0 Å². The molecule has 0 amide bonds. The molecule has 0 radical (unpaired) electrons. The minimum absolute atomic E-state index is 0.776. The number of hydrogen-bond donors (Lipinski definition) is 1. The topological polar surface area (TPSA) is 19.0 Å². The predicted octanol–water partition coefficient (Wildman–Crippen LogP) is 4.07. The first-order chi connectivity index (χ1) is 9.88. The summed E-state index contributed by atoms with van der Waals surface area (Å²) in [5, 5.41) is 1.47. The van der Waals surface area contributed by atoms with E-state index in [2.05, 4.69) is 41.2 Å². The van der Waals surface area contributed by atoms with Gasteiger partial charge in [0.1, 0.15) is 0 Å². The normalized spacial score (nSPS) is 26.4. The summed E-state index contributed by atoms with van der Waals surface area (Å²) in [7, 11) is 0. The number of likely N-dealkylation sites (tertiary alicyclic amines) is 1. The Morgan fingerprint density at radius 3 is 3.10 bits per heavy atom. The molecule has 4 rings (SSSR count). The lowest BCUT2D eigenvalue weighted by atomic mass is 9.73. The first kappa shape index (κ1) is 12.5. The zero-order chi connectivity index (χ0) is 13.5. The van der Waals surface area contributed by atoms with Gasteiger partial charge >= 0.3 is 0 Å². The number of rotatable bonds is 2. The first-order valence-electron chi connectivity index (χ1n) is 8.21. The van der Waals surface area contributed by atoms with Gasteiger partial charge in [-0.15, -0.1) is 0 Å². The highest BCUT2D eigenvalue weighted by atomic mass is 15.2. The van der Waals surface area contributed by atoms with Crippen LogP contribution in [0.25, 0.3) is 10.9 Å². The molecule has 1 aromatic heterocycles. The van der Waals surface area contributed by atoms with Gasteiger partial charge in [-0.2, -0.15) is 0 Å². The van der Waals surface area contributed by atoms with Crippen molar-refractivity contribution in [2.45, 2.75) is 51.0 Å². The van der Waals surface area contributed by atoms with Crippen LogP contribution in [0.5, 0.6) is 0 Å². The van der Waals surface area contributed by atoms with Crippen LogP contribution in [-0.4, -0.2) is 29.0 Å². The van der Waals surface area contributed by atoms with Crippen molar-refractivity contribution in [2.24, 2.45) is 0 Å². The highest BCUT2D eigenvalue weighted by Crippen LogP contribution is 2.42. The summed E-state index contributed by atoms with van der Waals surface area (Å²) in [6, 6.07) is 7.75. The van der Waals surface area contributed by atoms with Gasteiger partial charge in [-0.05, 0) is 74.4 Å². The summed E-state index contributed by atoms with van der Waals surface area (Å²) in [4.78, 5) is 6.12. The van der Waals surface area contributed by atoms with Crippen molar-refractivity contribution in [3.8, 4) is 0 Å². The van der Waals surface area contributed by atoms with E-state index >= 15 is 0 Å². The molecule has 2 atom stereocenters. The summed E-state index contributed by atoms with van der Waals surface area (Å²) in [6.45, 7) is 4.91. The summed E-state index contributed by atoms with van der Waals surface area (Å²) in [5.41, 5.74) is 4.58. The standard InChI is InChI=1S/C18H24N2/c1-2-11-20-12-3-4-16-14-5-7-17-15(9-10-19-17)13(14)6-8-18(16)20/h5,7,9-10,16,18-19H,2-4,6,8,11-12H2,1H3. The number of H-pyrrole nitrogens is 1. The van der Waals surface area contributed by atoms with E-state index in [-0.39, 0.29) is 0 Å². The maximum Gasteiger partial charge on any atom is 0.0456 e. The lowest BCUT2D eigenvalue weighted by molar-refractivity contribution is 0.113. The second-order valence-corrected chi connectivity index (χ2v) is 6.46. The van der Waals surface area contributed by atoms with Crippen molar-refractivity contribution < 1.29 is 0 Å². The fourth-order valence-electron chi connectivity index (χ4n) is 4.57. The second kappa shape index (κ2) is 4.92. The molecule has 1 aliphatic carbocycles. The lowest BCUT2D eigenvalue weighted by Gasteiger charge is -2.45. The highest BCUT2D eigenvalue weighted by molar-refractivity contribution is 5.84. The molecule has 1 saturated heterocycles. The highest BCUT2D eigenvalue weighted by Gasteiger charge is 2.36. The number of aromatic nitrogens is 1. The molecule has 1 aliphatic heterocycles. The van der Waals surface area contributed by atoms with E-state index in [1.54, 1.807) is 11.1 Å². The SMILES string of the molecule is CCCN1CCCC2c3ccc4[nH]ccc4c3CCC21. The molecule has 1 fully saturated rings. The molecule has 20 heavy (non-hydrogen) atoms. The van der Waals surface area contributed by atoms with Crippen molar-refractivity contribution in [3.05, 3.63) is 35.5 Å². The average molecular weight is 268 g/mol. The molecule has 2 nitrogen and oxygen atoms in total. The first-order valence-corrected chi connectivity index (χ1v) is 8.21. The van der Waals surface area contributed by atoms with E-state index in [1.165, 1.54) is 56.1 Å². The monoisotopic (exact) mass is 268 g/mol. The molecule has 1 N–H and O–H groups in total. The van der Waals surface area contributed by atoms with E-state index in [9.17, 15) is 0 Å². The summed E-state index contributed by atoms with van der Waals surface area (Å²) >= 11 is 0. The minimum atomic E-state index is 0.776. The Kier molecular flexibility index (Phi) is 3.07. The molecule has 2 heterocycles. The van der Waals surface area contributed by atoms with Gasteiger partial charge < -0.3 is 4.98 Å². The third kappa shape index (κ3) is 1.81. The van der Waals surface area contributed by atoms with Crippen molar-refractivity contribution in [2.75, 3.05) is 13.1 Å². The second-order valence-electron chi connectivity index (χ2n) is 6.46. The smallest absolute Gasteiger partial charge is 0.0456 e. The van der Waals surface area contributed by atoms with E-state index < -0.39 is 0 Å². The Labute approximate surface area is 121 Å². The van der Waals surface area contributed by atoms with Crippen LogP contribution in [0.15, 0.2) is 24.4 Å². The van der Waals surface area contributed by atoms with E-state index in [4.69, 9.17) is 0 Å². The van der Waals surface area contributed by atoms with Crippen molar-refractivity contribution >= 4 is 10.9 Å². The zero-order valence-electron chi connectivity index (χ0n) is 12.4. The van der Waals surface area contributed by atoms with Crippen LogP contribution in [0.4, 0.5) is 0 Å². The Hall–Kier alpha value is -1.28. The number of aromatic amines is 1. The van der Waals surface area contributed by atoms with Crippen LogP contribution < -0.4 is 0 Å². The van der Waals surface area contributed by atoms with Crippen molar-refractivity contribution in [1.82, 2.24) is 9.88 Å². The van der Waals surface area contributed by atoms with Crippen molar-refractivity contribution in [1.29, 1.82) is 0 Å². The van der Waals surface area contributed by atoms with Crippen LogP contribution in [0, 0.1) is 0 Å². The Bertz CT molecular complexity index is 611. The van der Waals surface area contributed by atoms with Crippen LogP contribution in [0.2, 0.25) is 0 Å². The molecule has 0 bridgehead atoms. The van der Waals surface area contributed by atoms with Crippen LogP contribution >= 0.6 is 0 Å². The van der Waals surface area contributed by atoms with E-state index in [0.717, 1.165) is 12.0 Å². The quantitative estimate of drug-likeness (QED) is 0.870. The van der Waals surface area contributed by atoms with Gasteiger partial charge in [-0.3, -0.25) is 4.90 Å². The number of benzene rings is 1. The Morgan fingerprint density at radius 2 is 2.20 bits per heavy atom. The molecule has 0 saturated carbocycles. The number of fused-ring (bicyclic) bond motifs is 5. The molecular weight excluding hydrogens is 244 g/mol. The summed E-state index contributed by atoms with van der Waals surface area (Å²) in [6.07, 6.45) is 8.72. The fraction of sp³-hybridized carbons (Fsp3) is 0.556. The van der Waals surface area contributed by atoms with Crippen LogP contribution in [0.1, 0.15) is 49.7 Å². The lowest BCUT2D eigenvalue weighted by Crippen LogP contribution is -2.46. The third-order valence-corrected chi connectivity index (χ3v) is 5.38. The molecule has 2 aliphatic rings. The van der Waals surface area contributed by atoms with Crippen LogP contribution in [-0.2, 0) is 6.42 Å². The van der Waals surface area contributed by atoms with E-state index in [1.807, 2.05) is 0 Å². The third-order valence-electron chi connectivity index (χ3n) is 5.38. The summed E-state index contributed by atoms with van der Waals surface area (Å²) in [5.74, 6) is 0.776. The molecular formula is C18H24N2. The molecule has 106 valence electrons. The van der Waals surface area contributed by atoms with Gasteiger partial charge in [0.25, 0.3) is 0 Å². The van der Waals surface area contributed by atoms with Gasteiger partial charge in [-0.25, -0.2) is 0 Å². The minimum Gasteiger partial charge on any atom is -0.361 e.